The van der Waals surface area contributed by atoms with Crippen molar-refractivity contribution in [2.45, 2.75) is 122 Å². The van der Waals surface area contributed by atoms with Gasteiger partial charge in [0.05, 0.1) is 5.54 Å². The van der Waals surface area contributed by atoms with Gasteiger partial charge in [-0.05, 0) is 122 Å². The lowest BCUT2D eigenvalue weighted by Gasteiger charge is -2.54. The number of anilines is 4. The minimum absolute atomic E-state index is 0.0135. The summed E-state index contributed by atoms with van der Waals surface area (Å²) in [5.41, 5.74) is 23.6. The van der Waals surface area contributed by atoms with Crippen molar-refractivity contribution in [2.75, 3.05) is 9.71 Å². The second-order valence-corrected chi connectivity index (χ2v) is 24.2. The van der Waals surface area contributed by atoms with E-state index >= 15 is 0 Å². The van der Waals surface area contributed by atoms with Crippen molar-refractivity contribution in [3.8, 4) is 33.4 Å². The molecule has 7 aromatic carbocycles. The molecule has 4 heterocycles. The predicted molar refractivity (Wildman–Crippen MR) is 282 cm³/mol. The monoisotopic (exact) mass is 862 g/mol. The molecule has 2 unspecified atom stereocenters. The van der Waals surface area contributed by atoms with Crippen LogP contribution in [0.25, 0.3) is 53.6 Å². The molecule has 0 radical (unpaired) electrons. The van der Waals surface area contributed by atoms with Crippen LogP contribution in [0.2, 0.25) is 0 Å². The quantitative estimate of drug-likeness (QED) is 0.160. The molecule has 3 aliphatic heterocycles. The molecular weight excluding hydrogens is 804 g/mol. The summed E-state index contributed by atoms with van der Waals surface area (Å²) >= 11 is 1.98. The highest BCUT2D eigenvalue weighted by Crippen LogP contribution is 2.66. The molecule has 2 atom stereocenters. The zero-order chi connectivity index (χ0) is 44.7. The van der Waals surface area contributed by atoms with Crippen molar-refractivity contribution < 1.29 is 0 Å². The van der Waals surface area contributed by atoms with Crippen LogP contribution >= 0.6 is 11.3 Å². The van der Waals surface area contributed by atoms with E-state index in [1.54, 1.807) is 5.56 Å². The molecule has 0 N–H and O–H groups in total. The van der Waals surface area contributed by atoms with Gasteiger partial charge in [-0.2, -0.15) is 0 Å². The van der Waals surface area contributed by atoms with Gasteiger partial charge in [-0.1, -0.05) is 172 Å². The lowest BCUT2D eigenvalue weighted by Crippen LogP contribution is -2.65. The summed E-state index contributed by atoms with van der Waals surface area (Å²) in [4.78, 5) is 5.84. The summed E-state index contributed by atoms with van der Waals surface area (Å²) in [6.45, 7) is 24.6. The zero-order valence-corrected chi connectivity index (χ0v) is 40.6. The Morgan fingerprint density at radius 2 is 1.28 bits per heavy atom. The number of rotatable bonds is 2. The molecule has 13 rings (SSSR count). The molecule has 1 saturated carbocycles. The van der Waals surface area contributed by atoms with Crippen molar-refractivity contribution >= 4 is 72.0 Å². The maximum absolute atomic E-state index is 3.00. The molecule has 1 fully saturated rings. The summed E-state index contributed by atoms with van der Waals surface area (Å²) in [6.07, 6.45) is 4.89. The van der Waals surface area contributed by atoms with Gasteiger partial charge in [-0.3, -0.25) is 0 Å². The molecule has 2 aliphatic carbocycles. The third kappa shape index (κ3) is 5.02. The minimum Gasteiger partial charge on any atom is -0.376 e. The van der Waals surface area contributed by atoms with Crippen LogP contribution in [0, 0.1) is 0 Å². The summed E-state index contributed by atoms with van der Waals surface area (Å²) in [6, 6.07) is 50.1. The third-order valence-corrected chi connectivity index (χ3v) is 18.5. The van der Waals surface area contributed by atoms with Crippen molar-refractivity contribution in [3.05, 3.63) is 155 Å². The topological polar surface area (TPSA) is 6.48 Å². The molecule has 322 valence electrons. The highest BCUT2D eigenvalue weighted by molar-refractivity contribution is 7.26. The van der Waals surface area contributed by atoms with Gasteiger partial charge in [0.2, 0.25) is 0 Å². The molecule has 8 aromatic rings. The highest BCUT2D eigenvalue weighted by Gasteiger charge is 2.63. The molecule has 0 bridgehead atoms. The van der Waals surface area contributed by atoms with E-state index in [1.165, 1.54) is 135 Å². The normalized spacial score (nSPS) is 21.0. The van der Waals surface area contributed by atoms with Gasteiger partial charge in [0.15, 0.2) is 0 Å². The summed E-state index contributed by atoms with van der Waals surface area (Å²) < 4.78 is 2.73. The van der Waals surface area contributed by atoms with Gasteiger partial charge < -0.3 is 9.71 Å². The van der Waals surface area contributed by atoms with Crippen LogP contribution in [0.3, 0.4) is 0 Å². The largest absolute Gasteiger partial charge is 0.376 e. The molecule has 4 heteroatoms. The Kier molecular flexibility index (Phi) is 7.86. The first-order valence-electron chi connectivity index (χ1n) is 24.3. The van der Waals surface area contributed by atoms with E-state index < -0.39 is 0 Å². The number of benzene rings is 7. The number of nitrogens with zero attached hydrogens (tertiary/aromatic N) is 2. The Hall–Kier alpha value is -5.58. The summed E-state index contributed by atoms with van der Waals surface area (Å²) in [7, 11) is 0. The molecule has 2 nitrogen and oxygen atoms in total. The maximum atomic E-state index is 3.00. The molecule has 0 spiro atoms. The van der Waals surface area contributed by atoms with Crippen LogP contribution in [0.4, 0.5) is 22.7 Å². The van der Waals surface area contributed by atoms with Crippen LogP contribution in [-0.4, -0.2) is 12.4 Å². The lowest BCUT2D eigenvalue weighted by molar-refractivity contribution is 0.194. The van der Waals surface area contributed by atoms with Crippen molar-refractivity contribution in [1.82, 2.24) is 0 Å². The zero-order valence-electron chi connectivity index (χ0n) is 39.8. The second kappa shape index (κ2) is 12.9. The van der Waals surface area contributed by atoms with E-state index in [0.717, 1.165) is 0 Å². The van der Waals surface area contributed by atoms with E-state index in [1.807, 2.05) is 11.3 Å². The van der Waals surface area contributed by atoms with Crippen molar-refractivity contribution in [1.29, 1.82) is 0 Å². The molecule has 0 saturated heterocycles. The van der Waals surface area contributed by atoms with E-state index in [0.29, 0.717) is 0 Å². The van der Waals surface area contributed by atoms with Crippen LogP contribution in [0.5, 0.6) is 0 Å². The van der Waals surface area contributed by atoms with Gasteiger partial charge in [0, 0.05) is 64.9 Å². The minimum atomic E-state index is -0.202. The molecule has 5 aliphatic rings. The Labute approximate surface area is 390 Å². The van der Waals surface area contributed by atoms with E-state index in [4.69, 9.17) is 0 Å². The van der Waals surface area contributed by atoms with Gasteiger partial charge in [-0.15, -0.1) is 11.3 Å². The highest BCUT2D eigenvalue weighted by atomic mass is 32.1. The third-order valence-electron chi connectivity index (χ3n) is 17.3. The van der Waals surface area contributed by atoms with Gasteiger partial charge in [0.25, 0.3) is 0 Å². The number of thiophene rings is 1. The fourth-order valence-electron chi connectivity index (χ4n) is 13.6. The van der Waals surface area contributed by atoms with E-state index in [9.17, 15) is 0 Å². The fourth-order valence-corrected chi connectivity index (χ4v) is 14.9. The first-order chi connectivity index (χ1) is 31.0. The average molecular weight is 863 g/mol. The number of hydrogen-bond donors (Lipinski definition) is 0. The first kappa shape index (κ1) is 39.8. The lowest BCUT2D eigenvalue weighted by atomic mass is 9.42. The predicted octanol–water partition coefficient (Wildman–Crippen LogP) is 15.6. The second-order valence-electron chi connectivity index (χ2n) is 23.2. The smallest absolute Gasteiger partial charge is 0.333 e. The van der Waals surface area contributed by atoms with Crippen LogP contribution in [0.1, 0.15) is 123 Å². The molecule has 65 heavy (non-hydrogen) atoms. The SMILES string of the molecule is CC(C)(C)c1ccc(N2B3c4cc(C(C)(C)C)cc5c4N(c4c3c(cc3c4C(C)(C)c4ccccc4-3)-c3c2ccc2c3sc3ccccc32)C2(C)CCCCC52C)c(-c2ccccc2)c1. The first-order valence-corrected chi connectivity index (χ1v) is 25.1. The molecule has 0 amide bonds. The fraction of sp³-hybridized carbons (Fsp3) is 0.311. The van der Waals surface area contributed by atoms with Crippen LogP contribution < -0.4 is 20.6 Å². The number of fused-ring (bicyclic) bond motifs is 15. The summed E-state index contributed by atoms with van der Waals surface area (Å²) in [5, 5.41) is 2.70. The molecular formula is C61H59BN2S. The van der Waals surface area contributed by atoms with Gasteiger partial charge in [0.1, 0.15) is 0 Å². The van der Waals surface area contributed by atoms with E-state index in [-0.39, 0.29) is 34.0 Å². The van der Waals surface area contributed by atoms with Crippen molar-refractivity contribution in [2.24, 2.45) is 0 Å². The Balaban J connectivity index is 1.26. The van der Waals surface area contributed by atoms with Crippen LogP contribution in [-0.2, 0) is 21.7 Å². The van der Waals surface area contributed by atoms with Crippen molar-refractivity contribution in [3.63, 3.8) is 0 Å². The van der Waals surface area contributed by atoms with Crippen LogP contribution in [0.15, 0.2) is 127 Å². The Morgan fingerprint density at radius 3 is 2.06 bits per heavy atom. The maximum Gasteiger partial charge on any atom is 0.333 e. The molecule has 1 aromatic heterocycles. The summed E-state index contributed by atoms with van der Waals surface area (Å²) in [5.74, 6) is 0. The number of hydrogen-bond acceptors (Lipinski definition) is 3. The Morgan fingerprint density at radius 1 is 0.569 bits per heavy atom. The van der Waals surface area contributed by atoms with Gasteiger partial charge >= 0.3 is 6.85 Å². The average Bonchev–Trinajstić information content (AvgIpc) is 3.85. The van der Waals surface area contributed by atoms with Gasteiger partial charge in [-0.25, -0.2) is 0 Å². The van der Waals surface area contributed by atoms with E-state index in [2.05, 4.69) is 206 Å². The standard InChI is InChI=1S/C61H59BN2S/c1-57(2,3)37-26-28-48(42(32-37)36-20-12-11-13-21-36)64-49-29-27-41-40-23-15-17-25-50(40)65-56(41)51(49)44-35-43-39-22-14-16-24-45(39)59(7,8)52(43)55-53(44)62(64)47-34-38(58(4,5)6)33-46-54(47)63(55)61(10)31-19-18-30-60(46,61)9/h11-17,20-29,32-35H,18-19,30-31H2,1-10H3. The Bertz CT molecular complexity index is 3380.